The van der Waals surface area contributed by atoms with E-state index in [1.807, 2.05) is 6.92 Å². The molecule has 0 heterocycles. The van der Waals surface area contributed by atoms with Gasteiger partial charge in [0.2, 0.25) is 0 Å². The lowest BCUT2D eigenvalue weighted by Gasteiger charge is -2.22. The zero-order valence-corrected chi connectivity index (χ0v) is 18.5. The maximum absolute atomic E-state index is 12.9. The van der Waals surface area contributed by atoms with E-state index in [9.17, 15) is 13.2 Å². The summed E-state index contributed by atoms with van der Waals surface area (Å²) in [5.74, 6) is -0.220. The highest BCUT2D eigenvalue weighted by atomic mass is 32.2. The van der Waals surface area contributed by atoms with Crippen LogP contribution in [0.5, 0.6) is 0 Å². The van der Waals surface area contributed by atoms with Crippen molar-refractivity contribution in [3.63, 3.8) is 0 Å². The minimum Gasteiger partial charge on any atom is -0.378 e. The minimum atomic E-state index is -3.70. The Morgan fingerprint density at radius 2 is 1.83 bits per heavy atom. The van der Waals surface area contributed by atoms with Crippen molar-refractivity contribution < 1.29 is 17.9 Å². The van der Waals surface area contributed by atoms with Crippen LogP contribution in [0.4, 0.5) is 5.69 Å². The number of anilines is 1. The first kappa shape index (κ1) is 22.3. The number of ether oxygens (including phenoxy) is 1. The number of benzene rings is 2. The summed E-state index contributed by atoms with van der Waals surface area (Å²) in [5.41, 5.74) is 1.69. The molecule has 1 aliphatic carbocycles. The van der Waals surface area contributed by atoms with Crippen LogP contribution in [0.25, 0.3) is 0 Å². The van der Waals surface area contributed by atoms with Gasteiger partial charge in [-0.15, -0.1) is 0 Å². The summed E-state index contributed by atoms with van der Waals surface area (Å²) < 4.78 is 32.9. The van der Waals surface area contributed by atoms with Crippen molar-refractivity contribution in [2.24, 2.45) is 0 Å². The van der Waals surface area contributed by atoms with Crippen LogP contribution in [-0.2, 0) is 14.8 Å². The third kappa shape index (κ3) is 5.40. The van der Waals surface area contributed by atoms with Gasteiger partial charge in [0.25, 0.3) is 15.9 Å². The van der Waals surface area contributed by atoms with Gasteiger partial charge in [-0.25, -0.2) is 8.42 Å². The van der Waals surface area contributed by atoms with Crippen molar-refractivity contribution in [1.82, 2.24) is 5.32 Å². The van der Waals surface area contributed by atoms with E-state index in [-0.39, 0.29) is 10.8 Å². The van der Waals surface area contributed by atoms with Gasteiger partial charge in [-0.2, -0.15) is 0 Å². The molecule has 0 aromatic heterocycles. The number of aryl methyl sites for hydroxylation is 1. The quantitative estimate of drug-likeness (QED) is 0.612. The van der Waals surface area contributed by atoms with Crippen LogP contribution in [0, 0.1) is 6.92 Å². The monoisotopic (exact) mass is 430 g/mol. The first-order valence-electron chi connectivity index (χ1n) is 10.4. The second-order valence-corrected chi connectivity index (χ2v) is 9.64. The lowest BCUT2D eigenvalue weighted by Crippen LogP contribution is -2.29. The Morgan fingerprint density at radius 1 is 1.13 bits per heavy atom. The SMILES string of the molecule is Cc1ccc(C(=O)NCCCOC2CCCC2)cc1N(C)S(=O)(=O)c1ccccc1. The summed E-state index contributed by atoms with van der Waals surface area (Å²) in [6.07, 6.45) is 5.89. The maximum atomic E-state index is 12.9. The molecule has 0 spiro atoms. The summed E-state index contributed by atoms with van der Waals surface area (Å²) in [4.78, 5) is 12.8. The van der Waals surface area contributed by atoms with Crippen LogP contribution < -0.4 is 9.62 Å². The molecule has 1 amide bonds. The standard InChI is InChI=1S/C23H30N2O4S/c1-18-13-14-19(23(26)24-15-8-16-29-20-9-6-7-10-20)17-22(18)25(2)30(27,28)21-11-4-3-5-12-21/h3-5,11-14,17,20H,6-10,15-16H2,1-2H3,(H,24,26). The molecule has 162 valence electrons. The van der Waals surface area contributed by atoms with Crippen LogP contribution >= 0.6 is 0 Å². The zero-order chi connectivity index (χ0) is 21.6. The van der Waals surface area contributed by atoms with Gasteiger partial charge in [0.1, 0.15) is 0 Å². The normalized spacial score (nSPS) is 14.6. The number of hydrogen-bond donors (Lipinski definition) is 1. The molecule has 30 heavy (non-hydrogen) atoms. The molecule has 2 aromatic rings. The zero-order valence-electron chi connectivity index (χ0n) is 17.6. The predicted molar refractivity (Wildman–Crippen MR) is 118 cm³/mol. The van der Waals surface area contributed by atoms with Gasteiger partial charge in [0, 0.05) is 25.8 Å². The fourth-order valence-corrected chi connectivity index (χ4v) is 4.92. The minimum absolute atomic E-state index is 0.212. The highest BCUT2D eigenvalue weighted by Gasteiger charge is 2.23. The van der Waals surface area contributed by atoms with Crippen molar-refractivity contribution >= 4 is 21.6 Å². The Morgan fingerprint density at radius 3 is 2.53 bits per heavy atom. The summed E-state index contributed by atoms with van der Waals surface area (Å²) in [7, 11) is -2.20. The van der Waals surface area contributed by atoms with Gasteiger partial charge < -0.3 is 10.1 Å². The molecular weight excluding hydrogens is 400 g/mol. The van der Waals surface area contributed by atoms with Crippen LogP contribution in [-0.4, -0.2) is 40.6 Å². The van der Waals surface area contributed by atoms with Gasteiger partial charge in [-0.05, 0) is 56.0 Å². The molecular formula is C23H30N2O4S. The molecule has 0 atom stereocenters. The fourth-order valence-electron chi connectivity index (χ4n) is 3.65. The summed E-state index contributed by atoms with van der Waals surface area (Å²) in [6, 6.07) is 13.4. The molecule has 1 aliphatic rings. The highest BCUT2D eigenvalue weighted by molar-refractivity contribution is 7.92. The molecule has 0 radical (unpaired) electrons. The van der Waals surface area contributed by atoms with E-state index in [2.05, 4.69) is 5.32 Å². The van der Waals surface area contributed by atoms with E-state index in [1.54, 1.807) is 48.5 Å². The van der Waals surface area contributed by atoms with Gasteiger partial charge in [0.15, 0.2) is 0 Å². The second kappa shape index (κ2) is 10.1. The third-order valence-electron chi connectivity index (χ3n) is 5.47. The highest BCUT2D eigenvalue weighted by Crippen LogP contribution is 2.26. The average molecular weight is 431 g/mol. The van der Waals surface area contributed by atoms with E-state index < -0.39 is 10.0 Å². The molecule has 3 rings (SSSR count). The molecule has 6 nitrogen and oxygen atoms in total. The first-order chi connectivity index (χ1) is 14.4. The summed E-state index contributed by atoms with van der Waals surface area (Å²) in [5, 5.41) is 2.89. The predicted octanol–water partition coefficient (Wildman–Crippen LogP) is 3.90. The van der Waals surface area contributed by atoms with Crippen LogP contribution in [0.2, 0.25) is 0 Å². The number of rotatable bonds is 9. The van der Waals surface area contributed by atoms with Crippen molar-refractivity contribution in [3.05, 3.63) is 59.7 Å². The molecule has 0 bridgehead atoms. The van der Waals surface area contributed by atoms with Gasteiger partial charge in [-0.1, -0.05) is 37.1 Å². The van der Waals surface area contributed by atoms with Crippen molar-refractivity contribution in [2.45, 2.75) is 50.0 Å². The molecule has 2 aromatic carbocycles. The number of amides is 1. The molecule has 0 aliphatic heterocycles. The molecule has 1 fully saturated rings. The van der Waals surface area contributed by atoms with Crippen LogP contribution in [0.1, 0.15) is 48.0 Å². The molecule has 0 unspecified atom stereocenters. The largest absolute Gasteiger partial charge is 0.378 e. The van der Waals surface area contributed by atoms with E-state index in [4.69, 9.17) is 4.74 Å². The number of nitrogens with zero attached hydrogens (tertiary/aromatic N) is 1. The van der Waals surface area contributed by atoms with Crippen molar-refractivity contribution in [2.75, 3.05) is 24.5 Å². The number of carbonyl (C=O) groups excluding carboxylic acids is 1. The second-order valence-electron chi connectivity index (χ2n) is 7.67. The van der Waals surface area contributed by atoms with Crippen LogP contribution in [0.3, 0.4) is 0 Å². The van der Waals surface area contributed by atoms with E-state index in [1.165, 1.54) is 24.2 Å². The molecule has 7 heteroatoms. The molecule has 1 N–H and O–H groups in total. The Bertz CT molecular complexity index is 954. The van der Waals surface area contributed by atoms with Crippen molar-refractivity contribution in [3.8, 4) is 0 Å². The number of carbonyl (C=O) groups is 1. The Balaban J connectivity index is 1.62. The fraction of sp³-hybridized carbons (Fsp3) is 0.435. The number of sulfonamides is 1. The average Bonchev–Trinajstić information content (AvgIpc) is 3.27. The lowest BCUT2D eigenvalue weighted by molar-refractivity contribution is 0.0565. The van der Waals surface area contributed by atoms with Gasteiger partial charge in [-0.3, -0.25) is 9.10 Å². The Hall–Kier alpha value is -2.38. The van der Waals surface area contributed by atoms with Crippen molar-refractivity contribution in [1.29, 1.82) is 0 Å². The summed E-state index contributed by atoms with van der Waals surface area (Å²) >= 11 is 0. The first-order valence-corrected chi connectivity index (χ1v) is 11.9. The number of nitrogens with one attached hydrogen (secondary N) is 1. The smallest absolute Gasteiger partial charge is 0.264 e. The maximum Gasteiger partial charge on any atom is 0.264 e. The van der Waals surface area contributed by atoms with Gasteiger partial charge in [0.05, 0.1) is 16.7 Å². The Labute approximate surface area is 179 Å². The third-order valence-corrected chi connectivity index (χ3v) is 7.26. The Kier molecular flexibility index (Phi) is 7.50. The van der Waals surface area contributed by atoms with E-state index >= 15 is 0 Å². The molecule has 0 saturated heterocycles. The van der Waals surface area contributed by atoms with E-state index in [0.717, 1.165) is 24.8 Å². The van der Waals surface area contributed by atoms with Crippen LogP contribution in [0.15, 0.2) is 53.4 Å². The number of hydrogen-bond acceptors (Lipinski definition) is 4. The van der Waals surface area contributed by atoms with E-state index in [0.29, 0.717) is 30.5 Å². The van der Waals surface area contributed by atoms with Gasteiger partial charge >= 0.3 is 0 Å². The molecule has 1 saturated carbocycles. The summed E-state index contributed by atoms with van der Waals surface area (Å²) in [6.45, 7) is 2.99. The topological polar surface area (TPSA) is 75.7 Å². The lowest BCUT2D eigenvalue weighted by atomic mass is 10.1.